The van der Waals surface area contributed by atoms with Crippen LogP contribution in [0.25, 0.3) is 0 Å². The van der Waals surface area contributed by atoms with Gasteiger partial charge in [0.25, 0.3) is 5.56 Å². The standard InChI is InChI=1S/C12H12N4OS/c1-2-9-3-5-10(6-4-9)7-14-16-11(17)8-13-15-12(16)18/h3-8H,2H2,1H3,(H,15,18)/b14-7-. The fourth-order valence-corrected chi connectivity index (χ4v) is 1.61. The molecule has 2 aromatic rings. The second kappa shape index (κ2) is 5.50. The molecule has 1 heterocycles. The molecule has 0 unspecified atom stereocenters. The summed E-state index contributed by atoms with van der Waals surface area (Å²) in [7, 11) is 0. The Hall–Kier alpha value is -2.08. The largest absolute Gasteiger partial charge is 0.293 e. The van der Waals surface area contributed by atoms with Crippen LogP contribution in [0.4, 0.5) is 0 Å². The fourth-order valence-electron chi connectivity index (χ4n) is 1.42. The zero-order valence-corrected chi connectivity index (χ0v) is 10.6. The van der Waals surface area contributed by atoms with E-state index in [0.717, 1.165) is 22.9 Å². The third kappa shape index (κ3) is 2.78. The van der Waals surface area contributed by atoms with E-state index in [9.17, 15) is 4.79 Å². The third-order valence-corrected chi connectivity index (χ3v) is 2.71. The molecule has 2 rings (SSSR count). The number of aromatic nitrogens is 3. The summed E-state index contributed by atoms with van der Waals surface area (Å²) in [5, 5.41) is 10.1. The number of benzene rings is 1. The van der Waals surface area contributed by atoms with Crippen molar-refractivity contribution in [1.29, 1.82) is 0 Å². The summed E-state index contributed by atoms with van der Waals surface area (Å²) in [6, 6.07) is 7.94. The van der Waals surface area contributed by atoms with E-state index in [1.807, 2.05) is 24.3 Å². The quantitative estimate of drug-likeness (QED) is 0.675. The minimum atomic E-state index is -0.361. The van der Waals surface area contributed by atoms with Crippen molar-refractivity contribution in [2.24, 2.45) is 5.10 Å². The number of nitrogens with zero attached hydrogens (tertiary/aromatic N) is 3. The van der Waals surface area contributed by atoms with Gasteiger partial charge in [-0.1, -0.05) is 31.2 Å². The molecule has 0 spiro atoms. The van der Waals surface area contributed by atoms with E-state index in [0.29, 0.717) is 0 Å². The van der Waals surface area contributed by atoms with Gasteiger partial charge in [0.05, 0.1) is 6.21 Å². The van der Waals surface area contributed by atoms with E-state index in [1.54, 1.807) is 6.21 Å². The Morgan fingerprint density at radius 3 is 2.78 bits per heavy atom. The SMILES string of the molecule is CCc1ccc(/C=N\n2c(=O)cn[nH]c2=S)cc1. The van der Waals surface area contributed by atoms with Crippen LogP contribution in [0.2, 0.25) is 0 Å². The van der Waals surface area contributed by atoms with Crippen LogP contribution in [0.15, 0.2) is 40.4 Å². The summed E-state index contributed by atoms with van der Waals surface area (Å²) >= 11 is 4.93. The van der Waals surface area contributed by atoms with Gasteiger partial charge < -0.3 is 0 Å². The highest BCUT2D eigenvalue weighted by molar-refractivity contribution is 7.71. The first-order valence-corrected chi connectivity index (χ1v) is 5.91. The maximum absolute atomic E-state index is 11.5. The minimum Gasteiger partial charge on any atom is -0.265 e. The smallest absolute Gasteiger partial charge is 0.265 e. The molecule has 0 saturated carbocycles. The molecular formula is C12H12N4OS. The summed E-state index contributed by atoms with van der Waals surface area (Å²) in [5.41, 5.74) is 1.80. The van der Waals surface area contributed by atoms with Gasteiger partial charge in [-0.3, -0.25) is 9.89 Å². The lowest BCUT2D eigenvalue weighted by Gasteiger charge is -1.98. The summed E-state index contributed by atoms with van der Waals surface area (Å²) in [6.07, 6.45) is 3.71. The van der Waals surface area contributed by atoms with Gasteiger partial charge in [-0.05, 0) is 29.8 Å². The van der Waals surface area contributed by atoms with E-state index >= 15 is 0 Å². The van der Waals surface area contributed by atoms with Crippen LogP contribution in [0.1, 0.15) is 18.1 Å². The van der Waals surface area contributed by atoms with Crippen molar-refractivity contribution in [2.75, 3.05) is 0 Å². The molecule has 0 radical (unpaired) electrons. The Bertz CT molecular complexity index is 641. The molecule has 18 heavy (non-hydrogen) atoms. The van der Waals surface area contributed by atoms with Crippen LogP contribution < -0.4 is 5.56 Å². The highest BCUT2D eigenvalue weighted by Crippen LogP contribution is 2.02. The van der Waals surface area contributed by atoms with Gasteiger partial charge >= 0.3 is 0 Å². The lowest BCUT2D eigenvalue weighted by atomic mass is 10.1. The highest BCUT2D eigenvalue weighted by atomic mass is 32.1. The third-order valence-electron chi connectivity index (χ3n) is 2.45. The van der Waals surface area contributed by atoms with Crippen molar-refractivity contribution in [1.82, 2.24) is 14.9 Å². The predicted octanol–water partition coefficient (Wildman–Crippen LogP) is 1.75. The van der Waals surface area contributed by atoms with Crippen LogP contribution in [-0.4, -0.2) is 21.1 Å². The van der Waals surface area contributed by atoms with Gasteiger partial charge in [0, 0.05) is 0 Å². The molecular weight excluding hydrogens is 248 g/mol. The van der Waals surface area contributed by atoms with E-state index in [-0.39, 0.29) is 10.3 Å². The molecule has 0 atom stereocenters. The van der Waals surface area contributed by atoms with Crippen molar-refractivity contribution >= 4 is 18.4 Å². The second-order valence-corrected chi connectivity index (χ2v) is 4.05. The number of hydrogen-bond acceptors (Lipinski definition) is 4. The topological polar surface area (TPSA) is 63.0 Å². The van der Waals surface area contributed by atoms with Crippen LogP contribution >= 0.6 is 12.2 Å². The summed E-state index contributed by atoms with van der Waals surface area (Å²) < 4.78 is 1.26. The molecule has 0 aliphatic carbocycles. The Morgan fingerprint density at radius 2 is 2.17 bits per heavy atom. The molecule has 5 nitrogen and oxygen atoms in total. The van der Waals surface area contributed by atoms with Crippen molar-refractivity contribution < 1.29 is 0 Å². The normalized spacial score (nSPS) is 10.9. The zero-order chi connectivity index (χ0) is 13.0. The Kier molecular flexibility index (Phi) is 3.78. The molecule has 6 heteroatoms. The molecule has 92 valence electrons. The van der Waals surface area contributed by atoms with Gasteiger partial charge in [0.15, 0.2) is 0 Å². The summed E-state index contributed by atoms with van der Waals surface area (Å²) in [6.45, 7) is 2.10. The van der Waals surface area contributed by atoms with E-state index in [4.69, 9.17) is 12.2 Å². The maximum Gasteiger partial charge on any atom is 0.293 e. The van der Waals surface area contributed by atoms with Gasteiger partial charge in [-0.2, -0.15) is 14.9 Å². The minimum absolute atomic E-state index is 0.170. The van der Waals surface area contributed by atoms with Gasteiger partial charge in [-0.25, -0.2) is 0 Å². The number of aromatic amines is 1. The monoisotopic (exact) mass is 260 g/mol. The molecule has 1 aromatic heterocycles. The molecule has 0 bridgehead atoms. The average Bonchev–Trinajstić information content (AvgIpc) is 2.39. The zero-order valence-electron chi connectivity index (χ0n) is 9.83. The van der Waals surface area contributed by atoms with E-state index in [1.165, 1.54) is 5.56 Å². The molecule has 1 N–H and O–H groups in total. The van der Waals surface area contributed by atoms with Crippen LogP contribution in [0, 0.1) is 4.77 Å². The molecule has 0 aliphatic rings. The van der Waals surface area contributed by atoms with Crippen LogP contribution in [0.3, 0.4) is 0 Å². The highest BCUT2D eigenvalue weighted by Gasteiger charge is 1.95. The number of rotatable bonds is 3. The van der Waals surface area contributed by atoms with Gasteiger partial charge in [0.2, 0.25) is 4.77 Å². The molecule has 0 amide bonds. The van der Waals surface area contributed by atoms with Crippen molar-refractivity contribution in [3.8, 4) is 0 Å². The van der Waals surface area contributed by atoms with Crippen molar-refractivity contribution in [3.05, 3.63) is 56.7 Å². The molecule has 1 aromatic carbocycles. The lowest BCUT2D eigenvalue weighted by Crippen LogP contribution is -2.18. The van der Waals surface area contributed by atoms with Gasteiger partial charge in [-0.15, -0.1) is 0 Å². The Balaban J connectivity index is 2.30. The van der Waals surface area contributed by atoms with Crippen molar-refractivity contribution in [2.45, 2.75) is 13.3 Å². The Labute approximate surface area is 109 Å². The molecule has 0 saturated heterocycles. The van der Waals surface area contributed by atoms with Crippen molar-refractivity contribution in [3.63, 3.8) is 0 Å². The summed E-state index contributed by atoms with van der Waals surface area (Å²) in [4.78, 5) is 11.5. The number of hydrogen-bond donors (Lipinski definition) is 1. The van der Waals surface area contributed by atoms with E-state index < -0.39 is 0 Å². The first-order chi connectivity index (χ1) is 8.70. The number of H-pyrrole nitrogens is 1. The first-order valence-electron chi connectivity index (χ1n) is 5.50. The summed E-state index contributed by atoms with van der Waals surface area (Å²) in [5.74, 6) is 0. The fraction of sp³-hybridized carbons (Fsp3) is 0.167. The predicted molar refractivity (Wildman–Crippen MR) is 72.5 cm³/mol. The maximum atomic E-state index is 11.5. The van der Waals surface area contributed by atoms with E-state index in [2.05, 4.69) is 22.2 Å². The van der Waals surface area contributed by atoms with Crippen LogP contribution in [-0.2, 0) is 6.42 Å². The molecule has 0 fully saturated rings. The Morgan fingerprint density at radius 1 is 1.44 bits per heavy atom. The van der Waals surface area contributed by atoms with Crippen LogP contribution in [0.5, 0.6) is 0 Å². The lowest BCUT2D eigenvalue weighted by molar-refractivity contribution is 0.738. The average molecular weight is 260 g/mol. The number of aryl methyl sites for hydroxylation is 1. The second-order valence-electron chi connectivity index (χ2n) is 3.66. The van der Waals surface area contributed by atoms with Gasteiger partial charge in [0.1, 0.15) is 6.20 Å². The molecule has 0 aliphatic heterocycles. The number of nitrogens with one attached hydrogen (secondary N) is 1. The first kappa shape index (κ1) is 12.4.